The molecule has 0 spiro atoms. The van der Waals surface area contributed by atoms with Gasteiger partial charge in [-0.15, -0.1) is 5.10 Å². The van der Waals surface area contributed by atoms with E-state index in [2.05, 4.69) is 22.3 Å². The second-order valence-electron chi connectivity index (χ2n) is 7.88. The molecule has 0 unspecified atom stereocenters. The summed E-state index contributed by atoms with van der Waals surface area (Å²) in [7, 11) is 0. The van der Waals surface area contributed by atoms with Crippen LogP contribution in [0.15, 0.2) is 60.7 Å². The highest BCUT2D eigenvalue weighted by Crippen LogP contribution is 2.24. The minimum Gasteiger partial charge on any atom is -0.450 e. The van der Waals surface area contributed by atoms with Crippen molar-refractivity contribution in [2.24, 2.45) is 5.92 Å². The maximum Gasteiger partial charge on any atom is 0.378 e. The highest BCUT2D eigenvalue weighted by Gasteiger charge is 2.24. The summed E-state index contributed by atoms with van der Waals surface area (Å²) >= 11 is 0. The van der Waals surface area contributed by atoms with Gasteiger partial charge in [-0.1, -0.05) is 68.3 Å². The molecule has 1 fully saturated rings. The third kappa shape index (κ3) is 4.99. The van der Waals surface area contributed by atoms with Crippen molar-refractivity contribution >= 4 is 11.9 Å². The minimum absolute atomic E-state index is 0.0819. The molecule has 1 aliphatic rings. The number of hydrogen-bond donors (Lipinski definition) is 1. The lowest BCUT2D eigenvalue weighted by molar-refractivity contribution is -0.125. The van der Waals surface area contributed by atoms with Gasteiger partial charge in [0.25, 0.3) is 11.7 Å². The van der Waals surface area contributed by atoms with Gasteiger partial charge in [-0.3, -0.25) is 4.79 Å². The number of hydrogen-bond acceptors (Lipinski definition) is 5. The van der Waals surface area contributed by atoms with Crippen molar-refractivity contribution in [3.8, 4) is 17.1 Å². The number of para-hydroxylation sites is 1. The van der Waals surface area contributed by atoms with Crippen LogP contribution in [0.3, 0.4) is 0 Å². The number of nitrogens with one attached hydrogen (secondary N) is 1. The molecule has 7 nitrogen and oxygen atoms in total. The maximum absolute atomic E-state index is 12.6. The zero-order chi connectivity index (χ0) is 21.6. The molecule has 1 amide bonds. The molecule has 3 aromatic rings. The molecule has 1 aliphatic carbocycles. The van der Waals surface area contributed by atoms with Crippen LogP contribution in [0.1, 0.15) is 43.2 Å². The van der Waals surface area contributed by atoms with E-state index in [1.54, 1.807) is 4.68 Å². The standard InChI is InChI=1S/C24H26N4O3/c1-17-10-8-9-15-20(17)25-21(29)16-31-24(30)22-26-23(18-11-4-2-5-12-18)28(27-22)19-13-6-3-7-14-19/h2-7,11-14,17,20H,8-10,15-16H2,1H3,(H,25,29)/t17-,20-/m1/s1. The van der Waals surface area contributed by atoms with E-state index in [1.807, 2.05) is 60.7 Å². The van der Waals surface area contributed by atoms with Crippen LogP contribution in [-0.2, 0) is 9.53 Å². The van der Waals surface area contributed by atoms with Gasteiger partial charge in [0.1, 0.15) is 0 Å². The molecule has 1 aromatic heterocycles. The Labute approximate surface area is 181 Å². The lowest BCUT2D eigenvalue weighted by Gasteiger charge is -2.29. The monoisotopic (exact) mass is 418 g/mol. The third-order valence-electron chi connectivity index (χ3n) is 5.61. The zero-order valence-corrected chi connectivity index (χ0v) is 17.5. The quantitative estimate of drug-likeness (QED) is 0.616. The number of ether oxygens (including phenoxy) is 1. The van der Waals surface area contributed by atoms with Crippen molar-refractivity contribution in [1.29, 1.82) is 0 Å². The molecular weight excluding hydrogens is 392 g/mol. The van der Waals surface area contributed by atoms with Gasteiger partial charge in [0, 0.05) is 11.6 Å². The molecule has 0 radical (unpaired) electrons. The maximum atomic E-state index is 12.6. The van der Waals surface area contributed by atoms with Crippen molar-refractivity contribution in [3.05, 3.63) is 66.5 Å². The third-order valence-corrected chi connectivity index (χ3v) is 5.61. The molecule has 31 heavy (non-hydrogen) atoms. The van der Waals surface area contributed by atoms with E-state index >= 15 is 0 Å². The Bertz CT molecular complexity index is 976. The lowest BCUT2D eigenvalue weighted by atomic mass is 9.86. The Kier molecular flexibility index (Phi) is 6.40. The fourth-order valence-electron chi connectivity index (χ4n) is 3.90. The SMILES string of the molecule is C[C@@H]1CCCC[C@H]1NC(=O)COC(=O)c1nc(-c2ccccc2)n(-c2ccccc2)n1. The highest BCUT2D eigenvalue weighted by atomic mass is 16.5. The van der Waals surface area contributed by atoms with Gasteiger partial charge in [0.15, 0.2) is 12.4 Å². The summed E-state index contributed by atoms with van der Waals surface area (Å²) in [4.78, 5) is 29.3. The first-order chi connectivity index (χ1) is 15.1. The van der Waals surface area contributed by atoms with E-state index in [0.717, 1.165) is 30.5 Å². The summed E-state index contributed by atoms with van der Waals surface area (Å²) in [5, 5.41) is 7.34. The highest BCUT2D eigenvalue weighted by molar-refractivity contribution is 5.88. The molecule has 2 aromatic carbocycles. The van der Waals surface area contributed by atoms with Crippen molar-refractivity contribution in [3.63, 3.8) is 0 Å². The van der Waals surface area contributed by atoms with E-state index in [9.17, 15) is 9.59 Å². The second kappa shape index (κ2) is 9.55. The number of carbonyl (C=O) groups excluding carboxylic acids is 2. The van der Waals surface area contributed by atoms with Crippen LogP contribution in [-0.4, -0.2) is 39.3 Å². The summed E-state index contributed by atoms with van der Waals surface area (Å²) < 4.78 is 6.82. The molecule has 160 valence electrons. The van der Waals surface area contributed by atoms with Gasteiger partial charge >= 0.3 is 5.97 Å². The van der Waals surface area contributed by atoms with E-state index in [-0.39, 0.29) is 24.4 Å². The smallest absolute Gasteiger partial charge is 0.378 e. The van der Waals surface area contributed by atoms with Gasteiger partial charge in [0.05, 0.1) is 5.69 Å². The lowest BCUT2D eigenvalue weighted by Crippen LogP contribution is -2.42. The van der Waals surface area contributed by atoms with Gasteiger partial charge in [0.2, 0.25) is 0 Å². The first kappa shape index (κ1) is 20.8. The molecule has 4 rings (SSSR count). The van der Waals surface area contributed by atoms with Gasteiger partial charge < -0.3 is 10.1 Å². The van der Waals surface area contributed by atoms with Crippen LogP contribution >= 0.6 is 0 Å². The van der Waals surface area contributed by atoms with Gasteiger partial charge in [-0.2, -0.15) is 0 Å². The molecule has 0 aliphatic heterocycles. The Morgan fingerprint density at radius 2 is 1.71 bits per heavy atom. The Morgan fingerprint density at radius 1 is 1.03 bits per heavy atom. The molecule has 2 atom stereocenters. The Hall–Kier alpha value is -3.48. The van der Waals surface area contributed by atoms with E-state index in [4.69, 9.17) is 4.74 Å². The number of nitrogens with zero attached hydrogens (tertiary/aromatic N) is 3. The average Bonchev–Trinajstić information content (AvgIpc) is 3.26. The molecule has 1 heterocycles. The number of carbonyl (C=O) groups is 2. The van der Waals surface area contributed by atoms with Gasteiger partial charge in [-0.05, 0) is 30.9 Å². The van der Waals surface area contributed by atoms with E-state index < -0.39 is 5.97 Å². The fourth-order valence-corrected chi connectivity index (χ4v) is 3.90. The number of benzene rings is 2. The second-order valence-corrected chi connectivity index (χ2v) is 7.88. The van der Waals surface area contributed by atoms with Crippen LogP contribution in [0.5, 0.6) is 0 Å². The van der Waals surface area contributed by atoms with Crippen LogP contribution < -0.4 is 5.32 Å². The Morgan fingerprint density at radius 3 is 2.42 bits per heavy atom. The molecular formula is C24H26N4O3. The van der Waals surface area contributed by atoms with Crippen molar-refractivity contribution in [2.75, 3.05) is 6.61 Å². The predicted octanol–water partition coefficient (Wildman–Crippen LogP) is 3.79. The first-order valence-electron chi connectivity index (χ1n) is 10.7. The van der Waals surface area contributed by atoms with Crippen molar-refractivity contribution in [2.45, 2.75) is 38.6 Å². The fraction of sp³-hybridized carbons (Fsp3) is 0.333. The van der Waals surface area contributed by atoms with Gasteiger partial charge in [-0.25, -0.2) is 14.5 Å². The number of esters is 1. The topological polar surface area (TPSA) is 86.1 Å². The van der Waals surface area contributed by atoms with Crippen molar-refractivity contribution < 1.29 is 14.3 Å². The number of amides is 1. The van der Waals surface area contributed by atoms with Crippen LogP contribution in [0.4, 0.5) is 0 Å². The summed E-state index contributed by atoms with van der Waals surface area (Å²) in [6, 6.07) is 19.1. The zero-order valence-electron chi connectivity index (χ0n) is 17.5. The normalized spacial score (nSPS) is 18.4. The summed E-state index contributed by atoms with van der Waals surface area (Å²) in [6.07, 6.45) is 4.37. The summed E-state index contributed by atoms with van der Waals surface area (Å²) in [5.41, 5.74) is 1.60. The van der Waals surface area contributed by atoms with Crippen LogP contribution in [0, 0.1) is 5.92 Å². The average molecular weight is 418 g/mol. The Balaban J connectivity index is 1.48. The molecule has 0 bridgehead atoms. The summed E-state index contributed by atoms with van der Waals surface area (Å²) in [5.74, 6) is -0.137. The van der Waals surface area contributed by atoms with Crippen molar-refractivity contribution in [1.82, 2.24) is 20.1 Å². The minimum atomic E-state index is -0.723. The number of rotatable bonds is 6. The van der Waals surface area contributed by atoms with E-state index in [1.165, 1.54) is 6.42 Å². The molecule has 7 heteroatoms. The molecule has 0 saturated heterocycles. The first-order valence-corrected chi connectivity index (χ1v) is 10.7. The number of aromatic nitrogens is 3. The largest absolute Gasteiger partial charge is 0.450 e. The predicted molar refractivity (Wildman–Crippen MR) is 117 cm³/mol. The van der Waals surface area contributed by atoms with Crippen LogP contribution in [0.2, 0.25) is 0 Å². The van der Waals surface area contributed by atoms with Crippen LogP contribution in [0.25, 0.3) is 17.1 Å². The molecule has 1 saturated carbocycles. The van der Waals surface area contributed by atoms with E-state index in [0.29, 0.717) is 11.7 Å². The summed E-state index contributed by atoms with van der Waals surface area (Å²) in [6.45, 7) is 1.80. The molecule has 1 N–H and O–H groups in total.